The molecule has 0 saturated carbocycles. The van der Waals surface area contributed by atoms with E-state index >= 15 is 0 Å². The molecule has 0 saturated heterocycles. The molecule has 0 aliphatic rings. The Morgan fingerprint density at radius 2 is 1.54 bits per heavy atom. The largest absolute Gasteiger partial charge is 0.508 e. The van der Waals surface area contributed by atoms with Gasteiger partial charge in [-0.05, 0) is 55.7 Å². The second kappa shape index (κ2) is 8.50. The van der Waals surface area contributed by atoms with Crippen molar-refractivity contribution in [3.63, 3.8) is 0 Å². The van der Waals surface area contributed by atoms with Crippen LogP contribution >= 0.6 is 0 Å². The number of carbonyl (C=O) groups is 1. The molecular weight excluding hydrogens is 304 g/mol. The van der Waals surface area contributed by atoms with E-state index in [2.05, 4.69) is 6.92 Å². The van der Waals surface area contributed by atoms with Crippen molar-refractivity contribution in [3.8, 4) is 22.6 Å². The van der Waals surface area contributed by atoms with E-state index < -0.39 is 12.1 Å². The smallest absolute Gasteiger partial charge is 0.340 e. The van der Waals surface area contributed by atoms with Crippen LogP contribution in [0.1, 0.15) is 33.6 Å². The van der Waals surface area contributed by atoms with Crippen LogP contribution in [-0.2, 0) is 9.53 Å². The van der Waals surface area contributed by atoms with Crippen LogP contribution < -0.4 is 4.74 Å². The Hall–Kier alpha value is -2.33. The topological polar surface area (TPSA) is 55.8 Å². The van der Waals surface area contributed by atoms with Gasteiger partial charge in [0.05, 0.1) is 6.10 Å². The summed E-state index contributed by atoms with van der Waals surface area (Å²) in [6.07, 6.45) is 1.37. The minimum Gasteiger partial charge on any atom is -0.508 e. The van der Waals surface area contributed by atoms with Gasteiger partial charge in [-0.2, -0.15) is 0 Å². The fourth-order valence-corrected chi connectivity index (χ4v) is 2.45. The van der Waals surface area contributed by atoms with Gasteiger partial charge in [0.1, 0.15) is 11.5 Å². The number of hydrogen-bond acceptors (Lipinski definition) is 4. The summed E-state index contributed by atoms with van der Waals surface area (Å²) in [5, 5.41) is 9.33. The molecule has 0 amide bonds. The lowest BCUT2D eigenvalue weighted by Crippen LogP contribution is -2.29. The third-order valence-corrected chi connectivity index (χ3v) is 3.74. The Kier molecular flexibility index (Phi) is 6.38. The van der Waals surface area contributed by atoms with Gasteiger partial charge >= 0.3 is 5.97 Å². The summed E-state index contributed by atoms with van der Waals surface area (Å²) in [6.45, 7) is 5.75. The Morgan fingerprint density at radius 1 is 1.00 bits per heavy atom. The fraction of sp³-hybridized carbons (Fsp3) is 0.350. The molecule has 24 heavy (non-hydrogen) atoms. The molecular formula is C20H24O4. The third kappa shape index (κ3) is 5.10. The first-order chi connectivity index (χ1) is 11.5. The normalized spacial score (nSPS) is 13.3. The van der Waals surface area contributed by atoms with E-state index in [1.807, 2.05) is 31.2 Å². The summed E-state index contributed by atoms with van der Waals surface area (Å²) in [5.74, 6) is 0.326. The van der Waals surface area contributed by atoms with Crippen molar-refractivity contribution in [3.05, 3.63) is 48.5 Å². The average molecular weight is 328 g/mol. The number of carbonyl (C=O) groups excluding carboxylic acids is 1. The number of aromatic hydroxyl groups is 1. The van der Waals surface area contributed by atoms with Crippen molar-refractivity contribution in [1.82, 2.24) is 0 Å². The first kappa shape index (κ1) is 18.0. The third-order valence-electron chi connectivity index (χ3n) is 3.74. The van der Waals surface area contributed by atoms with Gasteiger partial charge in [-0.1, -0.05) is 37.6 Å². The maximum absolute atomic E-state index is 12.1. The van der Waals surface area contributed by atoms with Crippen molar-refractivity contribution in [2.45, 2.75) is 45.8 Å². The number of hydrogen-bond donors (Lipinski definition) is 1. The molecule has 2 aromatic rings. The van der Waals surface area contributed by atoms with Crippen LogP contribution in [0.2, 0.25) is 0 Å². The van der Waals surface area contributed by atoms with Crippen LogP contribution in [0, 0.1) is 0 Å². The second-order valence-corrected chi connectivity index (χ2v) is 5.87. The Bertz CT molecular complexity index is 646. The van der Waals surface area contributed by atoms with E-state index in [-0.39, 0.29) is 11.9 Å². The second-order valence-electron chi connectivity index (χ2n) is 5.87. The standard InChI is InChI=1S/C20H24O4/c1-4-5-14(2)23-15(3)20(22)24-19-12-8-17(9-13-19)16-6-10-18(21)11-7-16/h6-15,21H,4-5H2,1-3H3/t14?,15-/m1/s1. The van der Waals surface area contributed by atoms with Crippen molar-refractivity contribution in [2.75, 3.05) is 0 Å². The highest BCUT2D eigenvalue weighted by Crippen LogP contribution is 2.24. The lowest BCUT2D eigenvalue weighted by molar-refractivity contribution is -0.149. The van der Waals surface area contributed by atoms with Crippen molar-refractivity contribution in [2.24, 2.45) is 0 Å². The number of phenols is 1. The summed E-state index contributed by atoms with van der Waals surface area (Å²) < 4.78 is 11.0. The maximum Gasteiger partial charge on any atom is 0.340 e. The molecule has 2 atom stereocenters. The van der Waals surface area contributed by atoms with Crippen molar-refractivity contribution < 1.29 is 19.4 Å². The summed E-state index contributed by atoms with van der Waals surface area (Å²) in [7, 11) is 0. The monoisotopic (exact) mass is 328 g/mol. The lowest BCUT2D eigenvalue weighted by atomic mass is 10.1. The van der Waals surface area contributed by atoms with Crippen LogP contribution in [0.3, 0.4) is 0 Å². The van der Waals surface area contributed by atoms with E-state index in [1.54, 1.807) is 31.2 Å². The van der Waals surface area contributed by atoms with Gasteiger partial charge < -0.3 is 14.6 Å². The van der Waals surface area contributed by atoms with Gasteiger partial charge in [0.25, 0.3) is 0 Å². The molecule has 1 N–H and O–H groups in total. The summed E-state index contributed by atoms with van der Waals surface area (Å²) >= 11 is 0. The molecule has 4 nitrogen and oxygen atoms in total. The van der Waals surface area contributed by atoms with Gasteiger partial charge in [-0.25, -0.2) is 4.79 Å². The predicted octanol–water partition coefficient (Wildman–Crippen LogP) is 4.56. The van der Waals surface area contributed by atoms with E-state index in [9.17, 15) is 9.90 Å². The Labute approximate surface area is 143 Å². The molecule has 0 bridgehead atoms. The molecule has 0 aromatic heterocycles. The van der Waals surface area contributed by atoms with Crippen LogP contribution in [0.25, 0.3) is 11.1 Å². The van der Waals surface area contributed by atoms with Gasteiger partial charge in [-0.15, -0.1) is 0 Å². The highest BCUT2D eigenvalue weighted by molar-refractivity contribution is 5.77. The number of esters is 1. The molecule has 0 heterocycles. The SMILES string of the molecule is CCCC(C)O[C@H](C)C(=O)Oc1ccc(-c2ccc(O)cc2)cc1. The van der Waals surface area contributed by atoms with Gasteiger partial charge in [-0.3, -0.25) is 0 Å². The Morgan fingerprint density at radius 3 is 2.08 bits per heavy atom. The molecule has 1 unspecified atom stereocenters. The van der Waals surface area contributed by atoms with Gasteiger partial charge in [0.2, 0.25) is 0 Å². The summed E-state index contributed by atoms with van der Waals surface area (Å²) in [5.41, 5.74) is 1.96. The molecule has 2 aromatic carbocycles. The van der Waals surface area contributed by atoms with Crippen LogP contribution in [0.4, 0.5) is 0 Å². The zero-order valence-corrected chi connectivity index (χ0v) is 14.4. The van der Waals surface area contributed by atoms with Crippen LogP contribution in [-0.4, -0.2) is 23.3 Å². The van der Waals surface area contributed by atoms with E-state index in [0.29, 0.717) is 5.75 Å². The fourth-order valence-electron chi connectivity index (χ4n) is 2.45. The van der Waals surface area contributed by atoms with Gasteiger partial charge in [0.15, 0.2) is 6.10 Å². The summed E-state index contributed by atoms with van der Waals surface area (Å²) in [6, 6.07) is 14.2. The molecule has 128 valence electrons. The van der Waals surface area contributed by atoms with Crippen LogP contribution in [0.15, 0.2) is 48.5 Å². The Balaban J connectivity index is 1.95. The molecule has 0 aliphatic carbocycles. The highest BCUT2D eigenvalue weighted by Gasteiger charge is 2.18. The van der Waals surface area contributed by atoms with E-state index in [4.69, 9.17) is 9.47 Å². The number of phenolic OH excluding ortho intramolecular Hbond substituents is 1. The predicted molar refractivity (Wildman–Crippen MR) is 94.1 cm³/mol. The number of benzene rings is 2. The molecule has 0 aliphatic heterocycles. The minimum atomic E-state index is -0.594. The van der Waals surface area contributed by atoms with Crippen LogP contribution in [0.5, 0.6) is 11.5 Å². The molecule has 0 fully saturated rings. The van der Waals surface area contributed by atoms with Crippen molar-refractivity contribution >= 4 is 5.97 Å². The molecule has 4 heteroatoms. The average Bonchev–Trinajstić information content (AvgIpc) is 2.56. The zero-order valence-electron chi connectivity index (χ0n) is 14.4. The van der Waals surface area contributed by atoms with Crippen molar-refractivity contribution in [1.29, 1.82) is 0 Å². The van der Waals surface area contributed by atoms with E-state index in [1.165, 1.54) is 0 Å². The molecule has 0 spiro atoms. The van der Waals surface area contributed by atoms with E-state index in [0.717, 1.165) is 24.0 Å². The quantitative estimate of drug-likeness (QED) is 0.598. The number of rotatable bonds is 7. The zero-order chi connectivity index (χ0) is 17.5. The van der Waals surface area contributed by atoms with Gasteiger partial charge in [0, 0.05) is 0 Å². The molecule has 2 rings (SSSR count). The maximum atomic E-state index is 12.1. The number of ether oxygens (including phenoxy) is 2. The first-order valence-corrected chi connectivity index (χ1v) is 8.26. The summed E-state index contributed by atoms with van der Waals surface area (Å²) in [4.78, 5) is 12.1. The first-order valence-electron chi connectivity index (χ1n) is 8.26. The molecule has 0 radical (unpaired) electrons. The minimum absolute atomic E-state index is 0.0365. The lowest BCUT2D eigenvalue weighted by Gasteiger charge is -2.17. The highest BCUT2D eigenvalue weighted by atomic mass is 16.6.